The molecular weight excluding hydrogens is 538 g/mol. The van der Waals surface area contributed by atoms with Crippen molar-refractivity contribution in [1.29, 1.82) is 0 Å². The number of nitrogens with one attached hydrogen (secondary N) is 1. The summed E-state index contributed by atoms with van der Waals surface area (Å²) < 4.78 is 58.7. The lowest BCUT2D eigenvalue weighted by Crippen LogP contribution is -2.41. The molecule has 0 aliphatic heterocycles. The van der Waals surface area contributed by atoms with Crippen molar-refractivity contribution in [2.24, 2.45) is 0 Å². The van der Waals surface area contributed by atoms with Crippen LogP contribution in [-0.2, 0) is 24.8 Å². The quantitative estimate of drug-likeness (QED) is 0.357. The standard InChI is InChI=1S/C25H28ClN3O6S2/c1-19-4-12-24(13-5-19)37(33,34)29(21-8-6-20(26)7-9-21)18-25(30)27-16-17-35-22-10-14-23(15-11-22)36(31,32)28(2)3/h4-15H,16-18H2,1-3H3,(H,27,30). The topological polar surface area (TPSA) is 113 Å². The van der Waals surface area contributed by atoms with E-state index in [2.05, 4.69) is 5.32 Å². The van der Waals surface area contributed by atoms with E-state index in [1.54, 1.807) is 24.3 Å². The third-order valence-corrected chi connectivity index (χ3v) is 9.18. The van der Waals surface area contributed by atoms with Crippen LogP contribution in [0.25, 0.3) is 0 Å². The zero-order valence-corrected chi connectivity index (χ0v) is 23.0. The molecule has 3 rings (SSSR count). The van der Waals surface area contributed by atoms with E-state index in [1.165, 1.54) is 62.6 Å². The van der Waals surface area contributed by atoms with E-state index in [4.69, 9.17) is 16.3 Å². The molecule has 0 bridgehead atoms. The van der Waals surface area contributed by atoms with Gasteiger partial charge in [0, 0.05) is 19.1 Å². The Morgan fingerprint density at radius 3 is 1.95 bits per heavy atom. The van der Waals surface area contributed by atoms with Crippen molar-refractivity contribution >= 4 is 43.2 Å². The van der Waals surface area contributed by atoms with Gasteiger partial charge in [0.15, 0.2) is 0 Å². The van der Waals surface area contributed by atoms with Crippen LogP contribution in [0.4, 0.5) is 5.69 Å². The first kappa shape index (κ1) is 28.5. The number of aryl methyl sites for hydroxylation is 1. The van der Waals surface area contributed by atoms with Gasteiger partial charge >= 0.3 is 0 Å². The summed E-state index contributed by atoms with van der Waals surface area (Å²) in [7, 11) is -4.68. The minimum absolute atomic E-state index is 0.0592. The highest BCUT2D eigenvalue weighted by Gasteiger charge is 2.27. The predicted octanol–water partition coefficient (Wildman–Crippen LogP) is 3.29. The molecule has 9 nitrogen and oxygen atoms in total. The zero-order chi connectivity index (χ0) is 27.2. The fourth-order valence-corrected chi connectivity index (χ4v) is 5.67. The number of halogens is 1. The highest BCUT2D eigenvalue weighted by atomic mass is 35.5. The van der Waals surface area contributed by atoms with Crippen molar-refractivity contribution in [2.45, 2.75) is 16.7 Å². The van der Waals surface area contributed by atoms with Crippen LogP contribution in [-0.4, -0.2) is 60.8 Å². The van der Waals surface area contributed by atoms with E-state index in [0.29, 0.717) is 16.5 Å². The second kappa shape index (κ2) is 12.0. The SMILES string of the molecule is Cc1ccc(S(=O)(=O)N(CC(=O)NCCOc2ccc(S(=O)(=O)N(C)C)cc2)c2ccc(Cl)cc2)cc1. The van der Waals surface area contributed by atoms with Crippen molar-refractivity contribution in [2.75, 3.05) is 38.1 Å². The molecular formula is C25H28ClN3O6S2. The Balaban J connectivity index is 1.64. The number of rotatable bonds is 11. The van der Waals surface area contributed by atoms with Crippen molar-refractivity contribution in [3.05, 3.63) is 83.4 Å². The van der Waals surface area contributed by atoms with Crippen molar-refractivity contribution in [1.82, 2.24) is 9.62 Å². The van der Waals surface area contributed by atoms with Gasteiger partial charge in [-0.05, 0) is 67.6 Å². The summed E-state index contributed by atoms with van der Waals surface area (Å²) in [4.78, 5) is 12.9. The largest absolute Gasteiger partial charge is 0.492 e. The van der Waals surface area contributed by atoms with E-state index in [1.807, 2.05) is 6.92 Å². The first-order valence-corrected chi connectivity index (χ1v) is 14.4. The summed E-state index contributed by atoms with van der Waals surface area (Å²) in [6.07, 6.45) is 0. The molecule has 12 heteroatoms. The smallest absolute Gasteiger partial charge is 0.264 e. The Hall–Kier alpha value is -3.12. The lowest BCUT2D eigenvalue weighted by atomic mass is 10.2. The maximum atomic E-state index is 13.4. The molecule has 1 N–H and O–H groups in total. The highest BCUT2D eigenvalue weighted by Crippen LogP contribution is 2.25. The van der Waals surface area contributed by atoms with Gasteiger partial charge in [0.25, 0.3) is 10.0 Å². The molecule has 0 aromatic heterocycles. The maximum Gasteiger partial charge on any atom is 0.264 e. The molecule has 1 amide bonds. The Kier molecular flexibility index (Phi) is 9.19. The molecule has 0 spiro atoms. The van der Waals surface area contributed by atoms with Crippen LogP contribution in [0.15, 0.2) is 82.6 Å². The Morgan fingerprint density at radius 2 is 1.38 bits per heavy atom. The molecule has 0 saturated heterocycles. The summed E-state index contributed by atoms with van der Waals surface area (Å²) >= 11 is 5.96. The second-order valence-corrected chi connectivity index (χ2v) is 12.7. The lowest BCUT2D eigenvalue weighted by molar-refractivity contribution is -0.119. The summed E-state index contributed by atoms with van der Waals surface area (Å²) in [5.41, 5.74) is 1.20. The van der Waals surface area contributed by atoms with Gasteiger partial charge < -0.3 is 10.1 Å². The molecule has 0 radical (unpaired) electrons. The van der Waals surface area contributed by atoms with Gasteiger partial charge in [-0.15, -0.1) is 0 Å². The van der Waals surface area contributed by atoms with E-state index < -0.39 is 32.5 Å². The first-order chi connectivity index (χ1) is 17.4. The fourth-order valence-electron chi connectivity index (χ4n) is 3.22. The number of hydrogen-bond acceptors (Lipinski definition) is 6. The van der Waals surface area contributed by atoms with Gasteiger partial charge in [-0.2, -0.15) is 0 Å². The molecule has 0 aliphatic carbocycles. The normalized spacial score (nSPS) is 11.8. The minimum Gasteiger partial charge on any atom is -0.492 e. The van der Waals surface area contributed by atoms with Crippen LogP contribution in [0.5, 0.6) is 5.75 Å². The van der Waals surface area contributed by atoms with Gasteiger partial charge in [-0.1, -0.05) is 29.3 Å². The van der Waals surface area contributed by atoms with Crippen molar-refractivity contribution in [3.63, 3.8) is 0 Å². The number of benzene rings is 3. The number of amides is 1. The molecule has 0 atom stereocenters. The molecule has 3 aromatic rings. The Bertz CT molecular complexity index is 1430. The lowest BCUT2D eigenvalue weighted by Gasteiger charge is -2.24. The Morgan fingerprint density at radius 1 is 0.838 bits per heavy atom. The molecule has 198 valence electrons. The molecule has 37 heavy (non-hydrogen) atoms. The summed E-state index contributed by atoms with van der Waals surface area (Å²) in [5, 5.41) is 3.08. The number of ether oxygens (including phenoxy) is 1. The third-order valence-electron chi connectivity index (χ3n) is 5.31. The van der Waals surface area contributed by atoms with Crippen LogP contribution in [0, 0.1) is 6.92 Å². The average Bonchev–Trinajstić information content (AvgIpc) is 2.86. The monoisotopic (exact) mass is 565 g/mol. The highest BCUT2D eigenvalue weighted by molar-refractivity contribution is 7.92. The number of carbonyl (C=O) groups excluding carboxylic acids is 1. The summed E-state index contributed by atoms with van der Waals surface area (Å²) in [6.45, 7) is 1.60. The number of sulfonamides is 2. The third kappa shape index (κ3) is 7.22. The summed E-state index contributed by atoms with van der Waals surface area (Å²) in [6, 6.07) is 18.4. The van der Waals surface area contributed by atoms with E-state index >= 15 is 0 Å². The van der Waals surface area contributed by atoms with E-state index in [9.17, 15) is 21.6 Å². The van der Waals surface area contributed by atoms with Gasteiger partial charge in [0.2, 0.25) is 15.9 Å². The second-order valence-electron chi connectivity index (χ2n) is 8.26. The average molecular weight is 566 g/mol. The molecule has 3 aromatic carbocycles. The van der Waals surface area contributed by atoms with Crippen LogP contribution in [0.3, 0.4) is 0 Å². The van der Waals surface area contributed by atoms with Gasteiger partial charge in [0.05, 0.1) is 22.0 Å². The first-order valence-electron chi connectivity index (χ1n) is 11.2. The number of nitrogens with zero attached hydrogens (tertiary/aromatic N) is 2. The van der Waals surface area contributed by atoms with E-state index in [-0.39, 0.29) is 22.9 Å². The molecule has 0 aliphatic rings. The molecule has 0 fully saturated rings. The summed E-state index contributed by atoms with van der Waals surface area (Å²) in [5.74, 6) is -0.0987. The van der Waals surface area contributed by atoms with Crippen LogP contribution in [0.1, 0.15) is 5.56 Å². The van der Waals surface area contributed by atoms with Gasteiger partial charge in [0.1, 0.15) is 18.9 Å². The minimum atomic E-state index is -4.03. The van der Waals surface area contributed by atoms with E-state index in [0.717, 1.165) is 14.2 Å². The predicted molar refractivity (Wildman–Crippen MR) is 143 cm³/mol. The number of carbonyl (C=O) groups is 1. The number of hydrogen-bond donors (Lipinski definition) is 1. The van der Waals surface area contributed by atoms with Gasteiger partial charge in [-0.25, -0.2) is 21.1 Å². The van der Waals surface area contributed by atoms with Crippen LogP contribution in [0.2, 0.25) is 5.02 Å². The van der Waals surface area contributed by atoms with Gasteiger partial charge in [-0.3, -0.25) is 9.10 Å². The number of anilines is 1. The maximum absolute atomic E-state index is 13.4. The zero-order valence-electron chi connectivity index (χ0n) is 20.6. The molecule has 0 unspecified atom stereocenters. The Labute approximate surface area is 222 Å². The molecule has 0 saturated carbocycles. The van der Waals surface area contributed by atoms with Crippen molar-refractivity contribution in [3.8, 4) is 5.75 Å². The fraction of sp³-hybridized carbons (Fsp3) is 0.240. The van der Waals surface area contributed by atoms with Crippen molar-refractivity contribution < 1.29 is 26.4 Å². The molecule has 0 heterocycles. The van der Waals surface area contributed by atoms with Crippen LogP contribution >= 0.6 is 11.6 Å². The van der Waals surface area contributed by atoms with Crippen LogP contribution < -0.4 is 14.4 Å².